The first-order valence-electron chi connectivity index (χ1n) is 7.83. The molecule has 0 spiro atoms. The highest BCUT2D eigenvalue weighted by atomic mass is 16.2. The van der Waals surface area contributed by atoms with Crippen LogP contribution >= 0.6 is 0 Å². The summed E-state index contributed by atoms with van der Waals surface area (Å²) in [6, 6.07) is 21.2. The number of hydrogen-bond donors (Lipinski definition) is 1. The lowest BCUT2D eigenvalue weighted by Crippen LogP contribution is -2.16. The van der Waals surface area contributed by atoms with Crippen LogP contribution in [-0.4, -0.2) is 15.7 Å². The zero-order valence-electron chi connectivity index (χ0n) is 12.6. The normalized spacial score (nSPS) is 13.7. The molecule has 1 fully saturated rings. The highest BCUT2D eigenvalue weighted by Crippen LogP contribution is 2.39. The second-order valence-corrected chi connectivity index (χ2v) is 5.80. The lowest BCUT2D eigenvalue weighted by molar-refractivity contribution is 0.101. The first-order valence-corrected chi connectivity index (χ1v) is 7.83. The molecule has 0 saturated heterocycles. The Hall–Kier alpha value is -2.88. The molecule has 23 heavy (non-hydrogen) atoms. The molecule has 1 heterocycles. The van der Waals surface area contributed by atoms with E-state index in [1.165, 1.54) is 0 Å². The molecule has 3 aromatic rings. The van der Waals surface area contributed by atoms with E-state index >= 15 is 0 Å². The van der Waals surface area contributed by atoms with Gasteiger partial charge < -0.3 is 5.32 Å². The quantitative estimate of drug-likeness (QED) is 0.792. The molecular formula is C19H17N3O. The van der Waals surface area contributed by atoms with Crippen LogP contribution < -0.4 is 5.32 Å². The number of anilines is 1. The van der Waals surface area contributed by atoms with Gasteiger partial charge in [-0.25, -0.2) is 4.68 Å². The summed E-state index contributed by atoms with van der Waals surface area (Å²) in [7, 11) is 0. The van der Waals surface area contributed by atoms with Gasteiger partial charge in [-0.1, -0.05) is 36.4 Å². The monoisotopic (exact) mass is 303 g/mol. The van der Waals surface area contributed by atoms with E-state index in [9.17, 15) is 4.79 Å². The van der Waals surface area contributed by atoms with Crippen LogP contribution in [0.4, 0.5) is 5.69 Å². The van der Waals surface area contributed by atoms with Crippen LogP contribution in [0.1, 0.15) is 34.9 Å². The van der Waals surface area contributed by atoms with Crippen molar-refractivity contribution in [3.8, 4) is 5.69 Å². The summed E-state index contributed by atoms with van der Waals surface area (Å²) in [5, 5.41) is 7.60. The Balaban J connectivity index is 1.70. The molecule has 114 valence electrons. The molecule has 1 aromatic heterocycles. The van der Waals surface area contributed by atoms with Gasteiger partial charge in [-0.2, -0.15) is 5.10 Å². The van der Waals surface area contributed by atoms with Crippen molar-refractivity contribution in [2.24, 2.45) is 0 Å². The largest absolute Gasteiger partial charge is 0.321 e. The van der Waals surface area contributed by atoms with Gasteiger partial charge in [0.05, 0.1) is 11.4 Å². The van der Waals surface area contributed by atoms with Gasteiger partial charge in [0, 0.05) is 11.6 Å². The van der Waals surface area contributed by atoms with E-state index in [1.807, 2.05) is 66.7 Å². The van der Waals surface area contributed by atoms with Crippen LogP contribution in [0.25, 0.3) is 5.69 Å². The number of rotatable bonds is 4. The highest BCUT2D eigenvalue weighted by molar-refractivity contribution is 6.03. The number of nitrogens with one attached hydrogen (secondary N) is 1. The Bertz CT molecular complexity index is 820. The van der Waals surface area contributed by atoms with E-state index in [1.54, 1.807) is 4.68 Å². The lowest BCUT2D eigenvalue weighted by Gasteiger charge is -2.08. The van der Waals surface area contributed by atoms with Crippen LogP contribution in [0.2, 0.25) is 0 Å². The molecular weight excluding hydrogens is 286 g/mol. The molecule has 4 nitrogen and oxygen atoms in total. The molecule has 0 radical (unpaired) electrons. The summed E-state index contributed by atoms with van der Waals surface area (Å²) < 4.78 is 1.74. The Morgan fingerprint density at radius 3 is 2.30 bits per heavy atom. The van der Waals surface area contributed by atoms with Gasteiger partial charge in [0.1, 0.15) is 5.69 Å². The summed E-state index contributed by atoms with van der Waals surface area (Å²) in [4.78, 5) is 12.7. The van der Waals surface area contributed by atoms with E-state index in [-0.39, 0.29) is 5.91 Å². The fourth-order valence-corrected chi connectivity index (χ4v) is 2.62. The predicted molar refractivity (Wildman–Crippen MR) is 89.9 cm³/mol. The predicted octanol–water partition coefficient (Wildman–Crippen LogP) is 4.00. The number of para-hydroxylation sites is 2. The third-order valence-electron chi connectivity index (χ3n) is 3.99. The minimum absolute atomic E-state index is 0.139. The second-order valence-electron chi connectivity index (χ2n) is 5.80. The highest BCUT2D eigenvalue weighted by Gasteiger charge is 2.29. The van der Waals surface area contributed by atoms with Gasteiger partial charge in [0.25, 0.3) is 5.91 Å². The molecule has 4 rings (SSSR count). The van der Waals surface area contributed by atoms with E-state index < -0.39 is 0 Å². The van der Waals surface area contributed by atoms with Crippen molar-refractivity contribution < 1.29 is 4.79 Å². The smallest absolute Gasteiger partial charge is 0.274 e. The van der Waals surface area contributed by atoms with Gasteiger partial charge in [-0.05, 0) is 43.2 Å². The molecule has 1 aliphatic carbocycles. The maximum Gasteiger partial charge on any atom is 0.274 e. The van der Waals surface area contributed by atoms with Crippen LogP contribution in [0.3, 0.4) is 0 Å². The van der Waals surface area contributed by atoms with Crippen molar-refractivity contribution in [2.45, 2.75) is 18.8 Å². The van der Waals surface area contributed by atoms with E-state index in [2.05, 4.69) is 10.4 Å². The number of carbonyl (C=O) groups is 1. The van der Waals surface area contributed by atoms with Crippen LogP contribution in [0.15, 0.2) is 66.7 Å². The Kier molecular flexibility index (Phi) is 3.42. The second kappa shape index (κ2) is 5.72. The van der Waals surface area contributed by atoms with Crippen molar-refractivity contribution in [3.63, 3.8) is 0 Å². The standard InChI is InChI=1S/C19H17N3O/c23-19(20-15-7-3-1-4-8-15)18-13-17(14-11-12-14)21-22(18)16-9-5-2-6-10-16/h1-10,13-14H,11-12H2,(H,20,23). The number of aromatic nitrogens is 2. The number of amides is 1. The van der Waals surface area contributed by atoms with E-state index in [0.717, 1.165) is 29.9 Å². The molecule has 1 N–H and O–H groups in total. The molecule has 1 amide bonds. The average Bonchev–Trinajstić information content (AvgIpc) is 3.35. The zero-order chi connectivity index (χ0) is 15.6. The van der Waals surface area contributed by atoms with Gasteiger partial charge in [-0.3, -0.25) is 4.79 Å². The average molecular weight is 303 g/mol. The number of nitrogens with zero attached hydrogens (tertiary/aromatic N) is 2. The van der Waals surface area contributed by atoms with Gasteiger partial charge in [0.15, 0.2) is 0 Å². The van der Waals surface area contributed by atoms with Crippen LogP contribution in [-0.2, 0) is 0 Å². The fraction of sp³-hybridized carbons (Fsp3) is 0.158. The summed E-state index contributed by atoms with van der Waals surface area (Å²) >= 11 is 0. The first kappa shape index (κ1) is 13.8. The molecule has 0 bridgehead atoms. The molecule has 0 unspecified atom stereocenters. The molecule has 0 atom stereocenters. The lowest BCUT2D eigenvalue weighted by atomic mass is 10.2. The SMILES string of the molecule is O=C(Nc1ccccc1)c1cc(C2CC2)nn1-c1ccccc1. The van der Waals surface area contributed by atoms with Gasteiger partial charge >= 0.3 is 0 Å². The van der Waals surface area contributed by atoms with Crippen LogP contribution in [0, 0.1) is 0 Å². The fourth-order valence-electron chi connectivity index (χ4n) is 2.62. The summed E-state index contributed by atoms with van der Waals surface area (Å²) in [6.45, 7) is 0. The first-order chi connectivity index (χ1) is 11.3. The number of hydrogen-bond acceptors (Lipinski definition) is 2. The minimum Gasteiger partial charge on any atom is -0.321 e. The van der Waals surface area contributed by atoms with Crippen molar-refractivity contribution in [2.75, 3.05) is 5.32 Å². The third kappa shape index (κ3) is 2.88. The number of benzene rings is 2. The third-order valence-corrected chi connectivity index (χ3v) is 3.99. The minimum atomic E-state index is -0.139. The molecule has 1 saturated carbocycles. The Labute approximate surface area is 134 Å². The van der Waals surface area contributed by atoms with E-state index in [4.69, 9.17) is 0 Å². The van der Waals surface area contributed by atoms with Crippen molar-refractivity contribution >= 4 is 11.6 Å². The van der Waals surface area contributed by atoms with Crippen molar-refractivity contribution in [1.82, 2.24) is 9.78 Å². The van der Waals surface area contributed by atoms with Crippen molar-refractivity contribution in [3.05, 3.63) is 78.1 Å². The summed E-state index contributed by atoms with van der Waals surface area (Å²) in [6.07, 6.45) is 2.32. The Morgan fingerprint density at radius 1 is 1.00 bits per heavy atom. The van der Waals surface area contributed by atoms with Crippen LogP contribution in [0.5, 0.6) is 0 Å². The van der Waals surface area contributed by atoms with Gasteiger partial charge in [-0.15, -0.1) is 0 Å². The molecule has 1 aliphatic rings. The van der Waals surface area contributed by atoms with E-state index in [0.29, 0.717) is 11.6 Å². The summed E-state index contributed by atoms with van der Waals surface area (Å²) in [5.74, 6) is 0.364. The Morgan fingerprint density at radius 2 is 1.65 bits per heavy atom. The maximum absolute atomic E-state index is 12.7. The van der Waals surface area contributed by atoms with Crippen molar-refractivity contribution in [1.29, 1.82) is 0 Å². The topological polar surface area (TPSA) is 46.9 Å². The maximum atomic E-state index is 12.7. The number of carbonyl (C=O) groups excluding carboxylic acids is 1. The summed E-state index contributed by atoms with van der Waals surface area (Å²) in [5.41, 5.74) is 3.26. The molecule has 4 heteroatoms. The molecule has 2 aromatic carbocycles. The zero-order valence-corrected chi connectivity index (χ0v) is 12.6. The van der Waals surface area contributed by atoms with Gasteiger partial charge in [0.2, 0.25) is 0 Å². The molecule has 0 aliphatic heterocycles.